The van der Waals surface area contributed by atoms with Crippen LogP contribution in [0.4, 0.5) is 0 Å². The highest BCUT2D eigenvalue weighted by atomic mass is 16.5. The van der Waals surface area contributed by atoms with Crippen LogP contribution in [-0.4, -0.2) is 45.2 Å². The summed E-state index contributed by atoms with van der Waals surface area (Å²) in [7, 11) is 4.90. The molecule has 1 amide bonds. The fourth-order valence-electron chi connectivity index (χ4n) is 4.54. The monoisotopic (exact) mass is 483 g/mol. The van der Waals surface area contributed by atoms with Crippen molar-refractivity contribution in [2.75, 3.05) is 34.4 Å². The Hall–Kier alpha value is -3.99. The standard InChI is InChI=1S/C31H33NO4/c1-34-27-13-10-23(11-14-27)9-12-26-21-28(35-2)22-30(36-3)29(26)15-16-31(33)32-19-17-25(18-20-32)24-7-5-4-6-8-24/h4-16,21-22,25H,17-20H2,1-3H3/b12-9+,16-15+. The van der Waals surface area contributed by atoms with Gasteiger partial charge in [-0.15, -0.1) is 0 Å². The topological polar surface area (TPSA) is 48.0 Å². The second kappa shape index (κ2) is 12.1. The first-order valence-electron chi connectivity index (χ1n) is 12.2. The summed E-state index contributed by atoms with van der Waals surface area (Å²) in [5.41, 5.74) is 4.12. The molecule has 4 rings (SSSR count). The van der Waals surface area contributed by atoms with E-state index in [0.717, 1.165) is 48.4 Å². The third-order valence-corrected chi connectivity index (χ3v) is 6.64. The molecule has 0 radical (unpaired) electrons. The average molecular weight is 484 g/mol. The summed E-state index contributed by atoms with van der Waals surface area (Å²) in [4.78, 5) is 15.0. The predicted molar refractivity (Wildman–Crippen MR) is 145 cm³/mol. The zero-order chi connectivity index (χ0) is 25.3. The zero-order valence-corrected chi connectivity index (χ0v) is 21.1. The lowest BCUT2D eigenvalue weighted by Crippen LogP contribution is -2.36. The number of carbonyl (C=O) groups excluding carboxylic acids is 1. The van der Waals surface area contributed by atoms with Crippen LogP contribution in [0, 0.1) is 0 Å². The lowest BCUT2D eigenvalue weighted by molar-refractivity contribution is -0.126. The molecular weight excluding hydrogens is 450 g/mol. The number of benzene rings is 3. The SMILES string of the molecule is COc1ccc(/C=C/c2cc(OC)cc(OC)c2/C=C/C(=O)N2CCC(c3ccccc3)CC2)cc1. The maximum Gasteiger partial charge on any atom is 0.246 e. The predicted octanol–water partition coefficient (Wildman–Crippen LogP) is 6.30. The van der Waals surface area contributed by atoms with Crippen LogP contribution in [0.5, 0.6) is 17.2 Å². The van der Waals surface area contributed by atoms with E-state index in [4.69, 9.17) is 14.2 Å². The molecule has 3 aromatic rings. The van der Waals surface area contributed by atoms with Gasteiger partial charge < -0.3 is 19.1 Å². The van der Waals surface area contributed by atoms with Gasteiger partial charge in [0.15, 0.2) is 0 Å². The van der Waals surface area contributed by atoms with Crippen LogP contribution in [0.2, 0.25) is 0 Å². The van der Waals surface area contributed by atoms with Gasteiger partial charge in [0.2, 0.25) is 5.91 Å². The van der Waals surface area contributed by atoms with Crippen LogP contribution in [-0.2, 0) is 4.79 Å². The van der Waals surface area contributed by atoms with Gasteiger partial charge in [-0.1, -0.05) is 54.6 Å². The normalized spacial score (nSPS) is 14.4. The summed E-state index contributed by atoms with van der Waals surface area (Å²) in [6, 6.07) is 22.2. The molecule has 186 valence electrons. The highest BCUT2D eigenvalue weighted by Crippen LogP contribution is 2.32. The minimum atomic E-state index is 0.0180. The lowest BCUT2D eigenvalue weighted by Gasteiger charge is -2.31. The van der Waals surface area contributed by atoms with Crippen molar-refractivity contribution in [3.05, 3.63) is 95.1 Å². The second-order valence-electron chi connectivity index (χ2n) is 8.78. The molecule has 0 spiro atoms. The van der Waals surface area contributed by atoms with E-state index in [1.54, 1.807) is 27.4 Å². The quantitative estimate of drug-likeness (QED) is 0.279. The Morgan fingerprint density at radius 3 is 2.14 bits per heavy atom. The van der Waals surface area contributed by atoms with Gasteiger partial charge in [-0.2, -0.15) is 0 Å². The Morgan fingerprint density at radius 1 is 0.806 bits per heavy atom. The summed E-state index contributed by atoms with van der Waals surface area (Å²) >= 11 is 0. The van der Waals surface area contributed by atoms with E-state index in [0.29, 0.717) is 17.4 Å². The van der Waals surface area contributed by atoms with E-state index in [1.165, 1.54) is 5.56 Å². The third kappa shape index (κ3) is 6.16. The minimum Gasteiger partial charge on any atom is -0.497 e. The number of ether oxygens (including phenoxy) is 3. The molecule has 5 heteroatoms. The first-order chi connectivity index (χ1) is 17.6. The van der Waals surface area contributed by atoms with Crippen LogP contribution in [0.3, 0.4) is 0 Å². The number of piperidine rings is 1. The van der Waals surface area contributed by atoms with E-state index in [9.17, 15) is 4.79 Å². The first-order valence-corrected chi connectivity index (χ1v) is 12.2. The molecule has 1 fully saturated rings. The first kappa shape index (κ1) is 25.1. The molecule has 5 nitrogen and oxygen atoms in total. The molecule has 36 heavy (non-hydrogen) atoms. The molecule has 3 aromatic carbocycles. The van der Waals surface area contributed by atoms with E-state index in [2.05, 4.69) is 24.3 Å². The number of nitrogens with zero attached hydrogens (tertiary/aromatic N) is 1. The Bertz CT molecular complexity index is 1210. The van der Waals surface area contributed by atoms with Crippen LogP contribution >= 0.6 is 0 Å². The molecule has 0 atom stereocenters. The highest BCUT2D eigenvalue weighted by Gasteiger charge is 2.22. The van der Waals surface area contributed by atoms with Crippen molar-refractivity contribution in [2.45, 2.75) is 18.8 Å². The third-order valence-electron chi connectivity index (χ3n) is 6.64. The van der Waals surface area contributed by atoms with Crippen LogP contribution in [0.1, 0.15) is 41.0 Å². The van der Waals surface area contributed by atoms with Crippen molar-refractivity contribution in [1.82, 2.24) is 4.90 Å². The highest BCUT2D eigenvalue weighted by molar-refractivity contribution is 5.93. The largest absolute Gasteiger partial charge is 0.497 e. The van der Waals surface area contributed by atoms with Crippen molar-refractivity contribution in [2.24, 2.45) is 0 Å². The van der Waals surface area contributed by atoms with Gasteiger partial charge in [-0.05, 0) is 59.7 Å². The van der Waals surface area contributed by atoms with Crippen molar-refractivity contribution < 1.29 is 19.0 Å². The van der Waals surface area contributed by atoms with Gasteiger partial charge in [0.1, 0.15) is 17.2 Å². The molecule has 0 aromatic heterocycles. The number of carbonyl (C=O) groups is 1. The van der Waals surface area contributed by atoms with E-state index >= 15 is 0 Å². The van der Waals surface area contributed by atoms with E-state index in [1.807, 2.05) is 65.6 Å². The van der Waals surface area contributed by atoms with Crippen LogP contribution in [0.15, 0.2) is 72.8 Å². The molecule has 0 bridgehead atoms. The minimum absolute atomic E-state index is 0.0180. The number of likely N-dealkylation sites (tertiary alicyclic amines) is 1. The van der Waals surface area contributed by atoms with Crippen LogP contribution in [0.25, 0.3) is 18.2 Å². The van der Waals surface area contributed by atoms with Crippen molar-refractivity contribution >= 4 is 24.1 Å². The van der Waals surface area contributed by atoms with Gasteiger partial charge in [-0.25, -0.2) is 0 Å². The molecule has 1 saturated heterocycles. The fraction of sp³-hybridized carbons (Fsp3) is 0.258. The Labute approximate surface area is 213 Å². The molecule has 1 aliphatic heterocycles. The van der Waals surface area contributed by atoms with E-state index < -0.39 is 0 Å². The maximum atomic E-state index is 13.0. The van der Waals surface area contributed by atoms with Gasteiger partial charge >= 0.3 is 0 Å². The molecule has 0 saturated carbocycles. The number of amides is 1. The number of hydrogen-bond acceptors (Lipinski definition) is 4. The van der Waals surface area contributed by atoms with Crippen LogP contribution < -0.4 is 14.2 Å². The van der Waals surface area contributed by atoms with Gasteiger partial charge in [0, 0.05) is 30.8 Å². The molecule has 0 aliphatic carbocycles. The zero-order valence-electron chi connectivity index (χ0n) is 21.1. The van der Waals surface area contributed by atoms with Crippen molar-refractivity contribution in [3.8, 4) is 17.2 Å². The van der Waals surface area contributed by atoms with Gasteiger partial charge in [0.05, 0.1) is 21.3 Å². The maximum absolute atomic E-state index is 13.0. The average Bonchev–Trinajstić information content (AvgIpc) is 2.95. The smallest absolute Gasteiger partial charge is 0.246 e. The van der Waals surface area contributed by atoms with E-state index in [-0.39, 0.29) is 5.91 Å². The van der Waals surface area contributed by atoms with Gasteiger partial charge in [-0.3, -0.25) is 4.79 Å². The summed E-state index contributed by atoms with van der Waals surface area (Å²) < 4.78 is 16.4. The van der Waals surface area contributed by atoms with Gasteiger partial charge in [0.25, 0.3) is 0 Å². The number of methoxy groups -OCH3 is 3. The Morgan fingerprint density at radius 2 is 1.50 bits per heavy atom. The van der Waals surface area contributed by atoms with Crippen molar-refractivity contribution in [1.29, 1.82) is 0 Å². The summed E-state index contributed by atoms with van der Waals surface area (Å²) in [5, 5.41) is 0. The molecule has 0 N–H and O–H groups in total. The summed E-state index contributed by atoms with van der Waals surface area (Å²) in [6.45, 7) is 1.51. The molecule has 0 unspecified atom stereocenters. The number of rotatable bonds is 8. The molecular formula is C31H33NO4. The second-order valence-corrected chi connectivity index (χ2v) is 8.78. The fourth-order valence-corrected chi connectivity index (χ4v) is 4.54. The Kier molecular flexibility index (Phi) is 8.45. The summed E-state index contributed by atoms with van der Waals surface area (Å²) in [5.74, 6) is 2.67. The Balaban J connectivity index is 1.51. The number of hydrogen-bond donors (Lipinski definition) is 0. The van der Waals surface area contributed by atoms with Crippen molar-refractivity contribution in [3.63, 3.8) is 0 Å². The molecule has 1 aliphatic rings. The molecule has 1 heterocycles. The summed E-state index contributed by atoms with van der Waals surface area (Å²) in [6.07, 6.45) is 9.47. The lowest BCUT2D eigenvalue weighted by atomic mass is 9.89.